The summed E-state index contributed by atoms with van der Waals surface area (Å²) in [6.07, 6.45) is 5.70. The lowest BCUT2D eigenvalue weighted by molar-refractivity contribution is -0.136. The van der Waals surface area contributed by atoms with Gasteiger partial charge in [0.25, 0.3) is 0 Å². The van der Waals surface area contributed by atoms with E-state index in [1.807, 2.05) is 4.90 Å². The maximum Gasteiger partial charge on any atom is 0.225 e. The van der Waals surface area contributed by atoms with Gasteiger partial charge in [-0.25, -0.2) is 0 Å². The van der Waals surface area contributed by atoms with Crippen molar-refractivity contribution in [1.29, 1.82) is 0 Å². The van der Waals surface area contributed by atoms with Gasteiger partial charge in [0.2, 0.25) is 5.91 Å². The summed E-state index contributed by atoms with van der Waals surface area (Å²) in [6, 6.07) is 0. The molecular weight excluding hydrogens is 210 g/mol. The Kier molecular flexibility index (Phi) is 2.42. The molecule has 1 heterocycles. The summed E-state index contributed by atoms with van der Waals surface area (Å²) in [5.74, 6) is 2.60. The van der Waals surface area contributed by atoms with Gasteiger partial charge in [-0.1, -0.05) is 0 Å². The second-order valence-corrected chi connectivity index (χ2v) is 6.04. The standard InChI is InChI=1S/C12H18ClNO/c13-11-1-3-14(4-2-11)12(15)10-6-8-5-9(8)7-10/h8-11H,1-7H2. The monoisotopic (exact) mass is 227 g/mol. The number of fused-ring (bicyclic) bond motifs is 1. The van der Waals surface area contributed by atoms with Crippen molar-refractivity contribution in [1.82, 2.24) is 4.90 Å². The smallest absolute Gasteiger partial charge is 0.225 e. The Morgan fingerprint density at radius 2 is 1.67 bits per heavy atom. The first-order chi connectivity index (χ1) is 7.24. The van der Waals surface area contributed by atoms with Gasteiger partial charge >= 0.3 is 0 Å². The molecule has 3 fully saturated rings. The molecule has 2 saturated carbocycles. The van der Waals surface area contributed by atoms with Gasteiger partial charge < -0.3 is 4.90 Å². The molecule has 1 amide bonds. The Labute approximate surface area is 96.0 Å². The Balaban J connectivity index is 1.55. The van der Waals surface area contributed by atoms with Gasteiger partial charge in [-0.05, 0) is 43.9 Å². The van der Waals surface area contributed by atoms with Crippen LogP contribution in [0.15, 0.2) is 0 Å². The third kappa shape index (κ3) is 1.89. The van der Waals surface area contributed by atoms with Crippen molar-refractivity contribution in [3.63, 3.8) is 0 Å². The Morgan fingerprint density at radius 3 is 2.27 bits per heavy atom. The predicted octanol–water partition coefficient (Wildman–Crippen LogP) is 2.26. The first kappa shape index (κ1) is 9.95. The van der Waals surface area contributed by atoms with Crippen LogP contribution in [0.5, 0.6) is 0 Å². The number of amides is 1. The normalized spacial score (nSPS) is 40.3. The zero-order valence-electron chi connectivity index (χ0n) is 8.99. The van der Waals surface area contributed by atoms with E-state index in [1.54, 1.807) is 0 Å². The van der Waals surface area contributed by atoms with E-state index in [2.05, 4.69) is 0 Å². The second kappa shape index (κ2) is 3.65. The molecule has 0 N–H and O–H groups in total. The molecule has 2 atom stereocenters. The number of carbonyl (C=O) groups excluding carboxylic acids is 1. The molecule has 2 unspecified atom stereocenters. The highest BCUT2D eigenvalue weighted by Gasteiger charge is 2.48. The van der Waals surface area contributed by atoms with Gasteiger partial charge in [-0.2, -0.15) is 0 Å². The number of alkyl halides is 1. The fourth-order valence-corrected chi connectivity index (χ4v) is 3.44. The Bertz CT molecular complexity index is 263. The number of hydrogen-bond donors (Lipinski definition) is 0. The van der Waals surface area contributed by atoms with Crippen molar-refractivity contribution in [2.45, 2.75) is 37.5 Å². The summed E-state index contributed by atoms with van der Waals surface area (Å²) < 4.78 is 0. The van der Waals surface area contributed by atoms with Gasteiger partial charge in [-0.15, -0.1) is 11.6 Å². The molecule has 84 valence electrons. The van der Waals surface area contributed by atoms with Crippen molar-refractivity contribution in [3.8, 4) is 0 Å². The molecular formula is C12H18ClNO. The molecule has 0 aromatic heterocycles. The summed E-state index contributed by atoms with van der Waals surface area (Å²) >= 11 is 6.04. The quantitative estimate of drug-likeness (QED) is 0.630. The van der Waals surface area contributed by atoms with Crippen molar-refractivity contribution in [2.75, 3.05) is 13.1 Å². The van der Waals surface area contributed by atoms with Crippen molar-refractivity contribution < 1.29 is 4.79 Å². The zero-order chi connectivity index (χ0) is 10.4. The highest BCUT2D eigenvalue weighted by molar-refractivity contribution is 6.20. The average Bonchev–Trinajstić information content (AvgIpc) is 2.86. The molecule has 2 nitrogen and oxygen atoms in total. The van der Waals surface area contributed by atoms with Crippen LogP contribution < -0.4 is 0 Å². The third-order valence-electron chi connectivity index (χ3n) is 4.33. The molecule has 0 aromatic rings. The maximum absolute atomic E-state index is 12.2. The van der Waals surface area contributed by atoms with Gasteiger partial charge in [0.15, 0.2) is 0 Å². The summed E-state index contributed by atoms with van der Waals surface area (Å²) in [4.78, 5) is 14.2. The first-order valence-electron chi connectivity index (χ1n) is 6.17. The number of nitrogens with zero attached hydrogens (tertiary/aromatic N) is 1. The van der Waals surface area contributed by atoms with Crippen LogP contribution in [0.1, 0.15) is 32.1 Å². The second-order valence-electron chi connectivity index (χ2n) is 5.42. The number of rotatable bonds is 1. The average molecular weight is 228 g/mol. The van der Waals surface area contributed by atoms with Crippen molar-refractivity contribution in [2.24, 2.45) is 17.8 Å². The number of hydrogen-bond acceptors (Lipinski definition) is 1. The van der Waals surface area contributed by atoms with Crippen LogP contribution in [0.25, 0.3) is 0 Å². The van der Waals surface area contributed by atoms with E-state index in [4.69, 9.17) is 11.6 Å². The number of carbonyl (C=O) groups is 1. The minimum Gasteiger partial charge on any atom is -0.342 e. The minimum atomic E-state index is 0.297. The number of halogens is 1. The summed E-state index contributed by atoms with van der Waals surface area (Å²) in [6.45, 7) is 1.78. The summed E-state index contributed by atoms with van der Waals surface area (Å²) in [7, 11) is 0. The molecule has 15 heavy (non-hydrogen) atoms. The van der Waals surface area contributed by atoms with Gasteiger partial charge in [0.05, 0.1) is 0 Å². The Hall–Kier alpha value is -0.240. The molecule has 3 rings (SSSR count). The Morgan fingerprint density at radius 1 is 1.07 bits per heavy atom. The van der Waals surface area contributed by atoms with Crippen LogP contribution in [-0.2, 0) is 4.79 Å². The molecule has 0 aromatic carbocycles. The summed E-state index contributed by atoms with van der Waals surface area (Å²) in [5.41, 5.74) is 0. The van der Waals surface area contributed by atoms with Crippen LogP contribution in [0.3, 0.4) is 0 Å². The van der Waals surface area contributed by atoms with Gasteiger partial charge in [-0.3, -0.25) is 4.79 Å². The lowest BCUT2D eigenvalue weighted by Crippen LogP contribution is -2.41. The lowest BCUT2D eigenvalue weighted by atomic mass is 10.00. The highest BCUT2D eigenvalue weighted by atomic mass is 35.5. The largest absolute Gasteiger partial charge is 0.342 e. The minimum absolute atomic E-state index is 0.297. The van der Waals surface area contributed by atoms with E-state index in [1.165, 1.54) is 19.3 Å². The maximum atomic E-state index is 12.2. The van der Waals surface area contributed by atoms with E-state index in [9.17, 15) is 4.79 Å². The van der Waals surface area contributed by atoms with E-state index < -0.39 is 0 Å². The molecule has 1 aliphatic heterocycles. The molecule has 2 aliphatic carbocycles. The zero-order valence-corrected chi connectivity index (χ0v) is 9.75. The van der Waals surface area contributed by atoms with Crippen molar-refractivity contribution >= 4 is 17.5 Å². The molecule has 3 aliphatic rings. The lowest BCUT2D eigenvalue weighted by Gasteiger charge is -2.31. The van der Waals surface area contributed by atoms with E-state index in [0.29, 0.717) is 17.2 Å². The first-order valence-corrected chi connectivity index (χ1v) is 6.60. The topological polar surface area (TPSA) is 20.3 Å². The molecule has 0 bridgehead atoms. The summed E-state index contributed by atoms with van der Waals surface area (Å²) in [5, 5.41) is 0.297. The van der Waals surface area contributed by atoms with Gasteiger partial charge in [0.1, 0.15) is 0 Å². The SMILES string of the molecule is O=C(C1CC2CC2C1)N1CCC(Cl)CC1. The van der Waals surface area contributed by atoms with Crippen LogP contribution in [0.2, 0.25) is 0 Å². The van der Waals surface area contributed by atoms with Crippen LogP contribution in [0, 0.1) is 17.8 Å². The fraction of sp³-hybridized carbons (Fsp3) is 0.917. The molecule has 1 saturated heterocycles. The van der Waals surface area contributed by atoms with Crippen LogP contribution >= 0.6 is 11.6 Å². The van der Waals surface area contributed by atoms with Gasteiger partial charge in [0, 0.05) is 24.4 Å². The van der Waals surface area contributed by atoms with E-state index in [0.717, 1.165) is 37.8 Å². The molecule has 0 radical (unpaired) electrons. The van der Waals surface area contributed by atoms with Crippen LogP contribution in [-0.4, -0.2) is 29.3 Å². The van der Waals surface area contributed by atoms with Crippen LogP contribution in [0.4, 0.5) is 0 Å². The highest BCUT2D eigenvalue weighted by Crippen LogP contribution is 2.54. The molecule has 3 heteroatoms. The third-order valence-corrected chi connectivity index (χ3v) is 4.77. The fourth-order valence-electron chi connectivity index (χ4n) is 3.24. The molecule has 0 spiro atoms. The number of likely N-dealkylation sites (tertiary alicyclic amines) is 1. The van der Waals surface area contributed by atoms with E-state index >= 15 is 0 Å². The number of piperidine rings is 1. The van der Waals surface area contributed by atoms with E-state index in [-0.39, 0.29) is 0 Å². The predicted molar refractivity (Wildman–Crippen MR) is 59.8 cm³/mol. The van der Waals surface area contributed by atoms with Crippen molar-refractivity contribution in [3.05, 3.63) is 0 Å².